The lowest BCUT2D eigenvalue weighted by Crippen LogP contribution is -2.50. The normalized spacial score (nSPS) is 15.6. The second-order valence-electron chi connectivity index (χ2n) is 7.32. The zero-order valence-corrected chi connectivity index (χ0v) is 16.0. The molecule has 2 aromatic carbocycles. The highest BCUT2D eigenvalue weighted by molar-refractivity contribution is 5.97. The molecule has 1 fully saturated rings. The lowest BCUT2D eigenvalue weighted by atomic mass is 9.97. The van der Waals surface area contributed by atoms with Crippen molar-refractivity contribution in [1.29, 1.82) is 0 Å². The molecule has 1 N–H and O–H groups in total. The molecule has 2 heterocycles. The van der Waals surface area contributed by atoms with Crippen molar-refractivity contribution in [3.8, 4) is 0 Å². The molecule has 0 radical (unpaired) electrons. The molecule has 1 aromatic heterocycles. The van der Waals surface area contributed by atoms with Gasteiger partial charge in [-0.1, -0.05) is 37.3 Å². The fourth-order valence-electron chi connectivity index (χ4n) is 3.70. The molecule has 144 valence electrons. The zero-order chi connectivity index (χ0) is 19.5. The third-order valence-corrected chi connectivity index (χ3v) is 5.44. The summed E-state index contributed by atoms with van der Waals surface area (Å²) in [7, 11) is 0. The van der Waals surface area contributed by atoms with Crippen molar-refractivity contribution in [1.82, 2.24) is 19.8 Å². The summed E-state index contributed by atoms with van der Waals surface area (Å²) in [6.07, 6.45) is 2.12. The molecule has 0 saturated carbocycles. The Balaban J connectivity index is 1.33. The van der Waals surface area contributed by atoms with Gasteiger partial charge in [-0.15, -0.1) is 0 Å². The van der Waals surface area contributed by atoms with E-state index >= 15 is 0 Å². The van der Waals surface area contributed by atoms with Crippen molar-refractivity contribution in [3.05, 3.63) is 66.0 Å². The first-order valence-corrected chi connectivity index (χ1v) is 9.67. The topological polar surface area (TPSA) is 69.3 Å². The van der Waals surface area contributed by atoms with Crippen LogP contribution in [0.3, 0.4) is 0 Å². The zero-order valence-electron chi connectivity index (χ0n) is 16.0. The van der Waals surface area contributed by atoms with E-state index in [-0.39, 0.29) is 17.7 Å². The lowest BCUT2D eigenvalue weighted by molar-refractivity contribution is -0.133. The number of nitrogens with zero attached hydrogens (tertiary/aromatic N) is 3. The van der Waals surface area contributed by atoms with Crippen LogP contribution in [0.25, 0.3) is 11.0 Å². The van der Waals surface area contributed by atoms with Crippen LogP contribution in [-0.4, -0.2) is 57.8 Å². The van der Waals surface area contributed by atoms with E-state index in [4.69, 9.17) is 0 Å². The average Bonchev–Trinajstić information content (AvgIpc) is 3.22. The van der Waals surface area contributed by atoms with E-state index in [2.05, 4.69) is 29.0 Å². The maximum atomic E-state index is 12.8. The maximum absolute atomic E-state index is 12.8. The summed E-state index contributed by atoms with van der Waals surface area (Å²) in [6.45, 7) is 4.37. The molecule has 4 rings (SSSR count). The number of H-pyrrole nitrogens is 1. The number of carbonyl (C=O) groups is 2. The van der Waals surface area contributed by atoms with Crippen LogP contribution in [-0.2, 0) is 4.79 Å². The van der Waals surface area contributed by atoms with Gasteiger partial charge in [0.2, 0.25) is 5.91 Å². The number of aromatic amines is 1. The highest BCUT2D eigenvalue weighted by atomic mass is 16.2. The molecule has 2 amide bonds. The number of carbonyl (C=O) groups excluding carboxylic acids is 2. The van der Waals surface area contributed by atoms with Crippen LogP contribution in [0.4, 0.5) is 0 Å². The molecule has 6 nitrogen and oxygen atoms in total. The fraction of sp³-hybridized carbons (Fsp3) is 0.318. The summed E-state index contributed by atoms with van der Waals surface area (Å²) in [6, 6.07) is 15.6. The quantitative estimate of drug-likeness (QED) is 0.761. The summed E-state index contributed by atoms with van der Waals surface area (Å²) in [4.78, 5) is 36.4. The Morgan fingerprint density at radius 3 is 2.50 bits per heavy atom. The van der Waals surface area contributed by atoms with Gasteiger partial charge in [-0.2, -0.15) is 0 Å². The van der Waals surface area contributed by atoms with Crippen molar-refractivity contribution in [3.63, 3.8) is 0 Å². The van der Waals surface area contributed by atoms with Gasteiger partial charge in [0.15, 0.2) is 0 Å². The molecule has 1 aliphatic rings. The number of fused-ring (bicyclic) bond motifs is 1. The smallest absolute Gasteiger partial charge is 0.254 e. The molecule has 0 spiro atoms. The van der Waals surface area contributed by atoms with Crippen LogP contribution in [0, 0.1) is 0 Å². The standard InChI is InChI=1S/C22H24N4O2/c1-16(17-5-3-2-4-6-17)13-21(27)25-9-11-26(12-10-25)22(28)18-7-8-19-20(14-18)24-15-23-19/h2-8,14-16H,9-13H2,1H3,(H,23,24)/t16-/m1/s1. The van der Waals surface area contributed by atoms with E-state index in [1.54, 1.807) is 6.33 Å². The first kappa shape index (κ1) is 18.2. The maximum Gasteiger partial charge on any atom is 0.254 e. The Bertz CT molecular complexity index is 974. The van der Waals surface area contributed by atoms with Gasteiger partial charge in [0.25, 0.3) is 5.91 Å². The predicted molar refractivity (Wildman–Crippen MR) is 108 cm³/mol. The molecule has 3 aromatic rings. The minimum Gasteiger partial charge on any atom is -0.345 e. The number of nitrogens with one attached hydrogen (secondary N) is 1. The predicted octanol–water partition coefficient (Wildman–Crippen LogP) is 3.04. The average molecular weight is 376 g/mol. The van der Waals surface area contributed by atoms with Crippen molar-refractivity contribution in [2.75, 3.05) is 26.2 Å². The number of benzene rings is 2. The molecular formula is C22H24N4O2. The summed E-state index contributed by atoms with van der Waals surface area (Å²) < 4.78 is 0. The molecule has 0 aliphatic carbocycles. The van der Waals surface area contributed by atoms with Gasteiger partial charge >= 0.3 is 0 Å². The minimum atomic E-state index is 0.00116. The Kier molecular flexibility index (Phi) is 5.10. The first-order valence-electron chi connectivity index (χ1n) is 9.67. The highest BCUT2D eigenvalue weighted by Crippen LogP contribution is 2.20. The van der Waals surface area contributed by atoms with Crippen LogP contribution in [0.2, 0.25) is 0 Å². The van der Waals surface area contributed by atoms with E-state index in [1.165, 1.54) is 5.56 Å². The van der Waals surface area contributed by atoms with Crippen LogP contribution in [0.5, 0.6) is 0 Å². The second kappa shape index (κ2) is 7.84. The molecule has 28 heavy (non-hydrogen) atoms. The highest BCUT2D eigenvalue weighted by Gasteiger charge is 2.26. The van der Waals surface area contributed by atoms with Crippen LogP contribution in [0.1, 0.15) is 35.2 Å². The molecule has 0 bridgehead atoms. The van der Waals surface area contributed by atoms with Gasteiger partial charge in [0.05, 0.1) is 17.4 Å². The Morgan fingerprint density at radius 1 is 1.04 bits per heavy atom. The summed E-state index contributed by atoms with van der Waals surface area (Å²) in [5.74, 6) is 0.345. The van der Waals surface area contributed by atoms with Crippen molar-refractivity contribution in [2.24, 2.45) is 0 Å². The molecule has 1 atom stereocenters. The number of hydrogen-bond donors (Lipinski definition) is 1. The van der Waals surface area contributed by atoms with Crippen molar-refractivity contribution < 1.29 is 9.59 Å². The SMILES string of the molecule is C[C@H](CC(=O)N1CCN(C(=O)c2ccc3nc[nH]c3c2)CC1)c1ccccc1. The van der Waals surface area contributed by atoms with Gasteiger partial charge in [-0.25, -0.2) is 4.98 Å². The Hall–Kier alpha value is -3.15. The lowest BCUT2D eigenvalue weighted by Gasteiger charge is -2.35. The van der Waals surface area contributed by atoms with Gasteiger partial charge in [-0.05, 0) is 29.7 Å². The van der Waals surface area contributed by atoms with Crippen LogP contribution < -0.4 is 0 Å². The molecular weight excluding hydrogens is 352 g/mol. The number of hydrogen-bond acceptors (Lipinski definition) is 3. The fourth-order valence-corrected chi connectivity index (χ4v) is 3.70. The van der Waals surface area contributed by atoms with Crippen LogP contribution in [0.15, 0.2) is 54.9 Å². The van der Waals surface area contributed by atoms with Crippen LogP contribution >= 0.6 is 0 Å². The summed E-state index contributed by atoms with van der Waals surface area (Å²) in [5.41, 5.74) is 3.53. The first-order chi connectivity index (χ1) is 13.6. The molecule has 1 saturated heterocycles. The third kappa shape index (κ3) is 3.76. The van der Waals surface area contributed by atoms with Crippen molar-refractivity contribution >= 4 is 22.8 Å². The summed E-state index contributed by atoms with van der Waals surface area (Å²) >= 11 is 0. The number of piperazine rings is 1. The molecule has 0 unspecified atom stereocenters. The van der Waals surface area contributed by atoms with Gasteiger partial charge in [0, 0.05) is 38.2 Å². The number of aromatic nitrogens is 2. The van der Waals surface area contributed by atoms with Gasteiger partial charge < -0.3 is 14.8 Å². The Labute approximate surface area is 164 Å². The number of imidazole rings is 1. The van der Waals surface area contributed by atoms with E-state index in [1.807, 2.05) is 46.2 Å². The molecule has 6 heteroatoms. The second-order valence-corrected chi connectivity index (χ2v) is 7.32. The Morgan fingerprint density at radius 2 is 1.75 bits per heavy atom. The van der Waals surface area contributed by atoms with Gasteiger partial charge in [-0.3, -0.25) is 9.59 Å². The van der Waals surface area contributed by atoms with Gasteiger partial charge in [0.1, 0.15) is 0 Å². The molecule has 1 aliphatic heterocycles. The van der Waals surface area contributed by atoms with Crippen molar-refractivity contribution in [2.45, 2.75) is 19.3 Å². The number of rotatable bonds is 4. The monoisotopic (exact) mass is 376 g/mol. The van der Waals surface area contributed by atoms with E-state index < -0.39 is 0 Å². The van der Waals surface area contributed by atoms with E-state index in [0.717, 1.165) is 11.0 Å². The summed E-state index contributed by atoms with van der Waals surface area (Å²) in [5, 5.41) is 0. The largest absolute Gasteiger partial charge is 0.345 e. The minimum absolute atomic E-state index is 0.00116. The van der Waals surface area contributed by atoms with E-state index in [0.29, 0.717) is 38.2 Å². The number of amides is 2. The third-order valence-electron chi connectivity index (χ3n) is 5.44. The van der Waals surface area contributed by atoms with E-state index in [9.17, 15) is 9.59 Å².